The molecule has 2 heterocycles. The number of hydrogen-bond acceptors (Lipinski definition) is 8. The standard InChI is InChI=1S/C22H32FN7O/c1-29-12-10-16(11-13-29)25-21-26-20(15-6-4-2-3-5-7-15)27-22(28-21)30(24)17-8-9-19(31)18(23)14-17/h8-9,14-16,31H,2-7,10-13,24H2,1H3,(H,25,26,27,28). The zero-order chi connectivity index (χ0) is 21.8. The van der Waals surface area contributed by atoms with Crippen LogP contribution in [-0.2, 0) is 0 Å². The van der Waals surface area contributed by atoms with Crippen molar-refractivity contribution >= 4 is 17.6 Å². The zero-order valence-electron chi connectivity index (χ0n) is 18.1. The predicted octanol–water partition coefficient (Wildman–Crippen LogP) is 3.67. The maximum Gasteiger partial charge on any atom is 0.249 e. The van der Waals surface area contributed by atoms with Gasteiger partial charge in [-0.3, -0.25) is 0 Å². The SMILES string of the molecule is CN1CCC(Nc2nc(C3CCCCCC3)nc(N(N)c3ccc(O)c(F)c3)n2)CC1. The highest BCUT2D eigenvalue weighted by Crippen LogP contribution is 2.32. The van der Waals surface area contributed by atoms with Gasteiger partial charge in [0.25, 0.3) is 0 Å². The number of halogens is 1. The molecule has 0 atom stereocenters. The van der Waals surface area contributed by atoms with Gasteiger partial charge >= 0.3 is 0 Å². The van der Waals surface area contributed by atoms with E-state index in [2.05, 4.69) is 27.2 Å². The molecule has 1 aliphatic carbocycles. The summed E-state index contributed by atoms with van der Waals surface area (Å²) in [7, 11) is 2.13. The maximum absolute atomic E-state index is 13.9. The summed E-state index contributed by atoms with van der Waals surface area (Å²) in [6.45, 7) is 2.06. The summed E-state index contributed by atoms with van der Waals surface area (Å²) in [6.07, 6.45) is 8.95. The summed E-state index contributed by atoms with van der Waals surface area (Å²) >= 11 is 0. The van der Waals surface area contributed by atoms with E-state index in [1.54, 1.807) is 0 Å². The molecule has 1 aliphatic heterocycles. The van der Waals surface area contributed by atoms with Gasteiger partial charge in [0.15, 0.2) is 11.6 Å². The van der Waals surface area contributed by atoms with Gasteiger partial charge in [0.05, 0.1) is 5.69 Å². The molecule has 0 radical (unpaired) electrons. The lowest BCUT2D eigenvalue weighted by molar-refractivity contribution is 0.263. The van der Waals surface area contributed by atoms with Crippen LogP contribution >= 0.6 is 0 Å². The van der Waals surface area contributed by atoms with Gasteiger partial charge in [-0.1, -0.05) is 25.7 Å². The van der Waals surface area contributed by atoms with E-state index < -0.39 is 11.6 Å². The Balaban J connectivity index is 1.63. The highest BCUT2D eigenvalue weighted by Gasteiger charge is 2.23. The van der Waals surface area contributed by atoms with Gasteiger partial charge in [-0.15, -0.1) is 0 Å². The maximum atomic E-state index is 13.9. The van der Waals surface area contributed by atoms with Gasteiger partial charge in [0.1, 0.15) is 5.82 Å². The summed E-state index contributed by atoms with van der Waals surface area (Å²) in [6, 6.07) is 4.28. The first-order valence-electron chi connectivity index (χ1n) is 11.2. The van der Waals surface area contributed by atoms with Gasteiger partial charge in [-0.05, 0) is 58.0 Å². The van der Waals surface area contributed by atoms with Crippen molar-refractivity contribution in [1.82, 2.24) is 19.9 Å². The van der Waals surface area contributed by atoms with Crippen molar-refractivity contribution in [2.75, 3.05) is 30.5 Å². The lowest BCUT2D eigenvalue weighted by atomic mass is 10.00. The van der Waals surface area contributed by atoms with Crippen molar-refractivity contribution in [3.8, 4) is 5.75 Å². The molecule has 8 nitrogen and oxygen atoms in total. The fourth-order valence-electron chi connectivity index (χ4n) is 4.37. The average molecular weight is 430 g/mol. The van der Waals surface area contributed by atoms with E-state index in [4.69, 9.17) is 10.8 Å². The molecule has 4 rings (SSSR count). The number of nitrogens with two attached hydrogens (primary N) is 1. The minimum absolute atomic E-state index is 0.271. The second kappa shape index (κ2) is 9.74. The van der Waals surface area contributed by atoms with Crippen LogP contribution in [0.2, 0.25) is 0 Å². The molecule has 2 aromatic rings. The number of nitrogens with zero attached hydrogens (tertiary/aromatic N) is 5. The normalized spacial score (nSPS) is 19.2. The third kappa shape index (κ3) is 5.40. The zero-order valence-corrected chi connectivity index (χ0v) is 18.1. The molecule has 0 spiro atoms. The van der Waals surface area contributed by atoms with Crippen molar-refractivity contribution in [2.24, 2.45) is 5.84 Å². The Hall–Kier alpha value is -2.52. The third-order valence-corrected chi connectivity index (χ3v) is 6.34. The quantitative estimate of drug-likeness (QED) is 0.376. The molecule has 9 heteroatoms. The van der Waals surface area contributed by atoms with E-state index >= 15 is 0 Å². The smallest absolute Gasteiger partial charge is 0.249 e. The molecule has 0 bridgehead atoms. The van der Waals surface area contributed by atoms with Crippen molar-refractivity contribution in [3.63, 3.8) is 0 Å². The number of likely N-dealkylation sites (tertiary alicyclic amines) is 1. The van der Waals surface area contributed by atoms with Crippen molar-refractivity contribution in [1.29, 1.82) is 0 Å². The lowest BCUT2D eigenvalue weighted by Gasteiger charge is -2.30. The van der Waals surface area contributed by atoms with Crippen LogP contribution in [0.5, 0.6) is 5.75 Å². The van der Waals surface area contributed by atoms with Crippen molar-refractivity contribution < 1.29 is 9.50 Å². The van der Waals surface area contributed by atoms with E-state index in [-0.39, 0.29) is 11.9 Å². The first-order valence-corrected chi connectivity index (χ1v) is 11.2. The first-order chi connectivity index (χ1) is 15.0. The number of benzene rings is 1. The largest absolute Gasteiger partial charge is 0.505 e. The van der Waals surface area contributed by atoms with Crippen LogP contribution < -0.4 is 16.2 Å². The number of aromatic nitrogens is 3. The number of aromatic hydroxyl groups is 1. The highest BCUT2D eigenvalue weighted by molar-refractivity contribution is 5.57. The fourth-order valence-corrected chi connectivity index (χ4v) is 4.37. The molecule has 1 saturated carbocycles. The van der Waals surface area contributed by atoms with Gasteiger partial charge in [0, 0.05) is 18.0 Å². The fraction of sp³-hybridized carbons (Fsp3) is 0.591. The molecule has 0 amide bonds. The monoisotopic (exact) mass is 429 g/mol. The van der Waals surface area contributed by atoms with Gasteiger partial charge in [-0.25, -0.2) is 15.2 Å². The Bertz CT molecular complexity index is 880. The molecular weight excluding hydrogens is 397 g/mol. The second-order valence-electron chi connectivity index (χ2n) is 8.73. The first kappa shape index (κ1) is 21.7. The molecule has 4 N–H and O–H groups in total. The Morgan fingerprint density at radius 3 is 2.45 bits per heavy atom. The summed E-state index contributed by atoms with van der Waals surface area (Å²) in [5, 5.41) is 14.2. The van der Waals surface area contributed by atoms with E-state index in [9.17, 15) is 9.50 Å². The minimum atomic E-state index is -0.740. The molecule has 1 saturated heterocycles. The van der Waals surface area contributed by atoms with E-state index in [1.807, 2.05) is 0 Å². The minimum Gasteiger partial charge on any atom is -0.505 e. The van der Waals surface area contributed by atoms with Crippen LogP contribution in [0.25, 0.3) is 0 Å². The molecule has 2 aliphatic rings. The number of piperidine rings is 1. The van der Waals surface area contributed by atoms with Crippen molar-refractivity contribution in [2.45, 2.75) is 63.3 Å². The number of hydrogen-bond donors (Lipinski definition) is 3. The molecule has 2 fully saturated rings. The Morgan fingerprint density at radius 2 is 1.77 bits per heavy atom. The second-order valence-corrected chi connectivity index (χ2v) is 8.73. The number of nitrogens with one attached hydrogen (secondary N) is 1. The van der Waals surface area contributed by atoms with Gasteiger partial charge in [0.2, 0.25) is 11.9 Å². The van der Waals surface area contributed by atoms with Gasteiger partial charge < -0.3 is 15.3 Å². The molecular formula is C22H32FN7O. The lowest BCUT2D eigenvalue weighted by Crippen LogP contribution is -2.37. The molecule has 31 heavy (non-hydrogen) atoms. The third-order valence-electron chi connectivity index (χ3n) is 6.34. The Kier molecular flexibility index (Phi) is 6.82. The summed E-state index contributed by atoms with van der Waals surface area (Å²) in [5.74, 6) is 6.94. The topological polar surface area (TPSA) is 103 Å². The summed E-state index contributed by atoms with van der Waals surface area (Å²) < 4.78 is 13.9. The number of rotatable bonds is 5. The van der Waals surface area contributed by atoms with E-state index in [1.165, 1.54) is 48.9 Å². The molecule has 168 valence electrons. The molecule has 0 unspecified atom stereocenters. The van der Waals surface area contributed by atoms with Gasteiger partial charge in [-0.2, -0.15) is 15.0 Å². The number of hydrazine groups is 1. The Labute approximate surface area is 182 Å². The Morgan fingerprint density at radius 1 is 1.06 bits per heavy atom. The van der Waals surface area contributed by atoms with Crippen LogP contribution in [0.3, 0.4) is 0 Å². The van der Waals surface area contributed by atoms with Crippen LogP contribution in [0, 0.1) is 5.82 Å². The van der Waals surface area contributed by atoms with Crippen LogP contribution in [0.1, 0.15) is 63.1 Å². The summed E-state index contributed by atoms with van der Waals surface area (Å²) in [4.78, 5) is 16.3. The van der Waals surface area contributed by atoms with E-state index in [0.717, 1.165) is 44.6 Å². The van der Waals surface area contributed by atoms with E-state index in [0.29, 0.717) is 17.7 Å². The molecule has 1 aromatic carbocycles. The van der Waals surface area contributed by atoms with Crippen molar-refractivity contribution in [3.05, 3.63) is 29.8 Å². The average Bonchev–Trinajstić information content (AvgIpc) is 3.06. The summed E-state index contributed by atoms with van der Waals surface area (Å²) in [5.41, 5.74) is 0.360. The predicted molar refractivity (Wildman–Crippen MR) is 119 cm³/mol. The van der Waals surface area contributed by atoms with Crippen LogP contribution in [0.15, 0.2) is 18.2 Å². The highest BCUT2D eigenvalue weighted by atomic mass is 19.1. The molecule has 1 aromatic heterocycles. The van der Waals surface area contributed by atoms with Crippen LogP contribution in [-0.4, -0.2) is 51.1 Å². The number of anilines is 3. The number of phenolic OH excluding ortho intramolecular Hbond substituents is 1. The number of phenols is 1. The van der Waals surface area contributed by atoms with Crippen LogP contribution in [0.4, 0.5) is 22.0 Å².